The molecule has 1 saturated heterocycles. The lowest BCUT2D eigenvalue weighted by molar-refractivity contribution is 0.413. The Morgan fingerprint density at radius 1 is 1.13 bits per heavy atom. The molecule has 3 aliphatic rings. The van der Waals surface area contributed by atoms with Crippen LogP contribution in [0.2, 0.25) is 0 Å². The molecule has 2 fully saturated rings. The summed E-state index contributed by atoms with van der Waals surface area (Å²) in [4.78, 5) is 11.7. The average molecular weight is 420 g/mol. The Kier molecular flexibility index (Phi) is 4.94. The first-order chi connectivity index (χ1) is 15.0. The van der Waals surface area contributed by atoms with E-state index in [1.807, 2.05) is 18.2 Å². The van der Waals surface area contributed by atoms with E-state index in [1.165, 1.54) is 19.0 Å². The summed E-state index contributed by atoms with van der Waals surface area (Å²) in [6.07, 6.45) is 6.78. The standard InChI is InChI=1S/C23H25FN6O/c1-26-11-13-10-16(23(31)21(24)22(13)25)17-4-5-19-18(28-17)6-7-20(29-19)30-9-8-15(12-30)27-14-2-3-14/h4-7,10-11,14-15,25-27,31H,2-3,8-9,12H2,1H3/b13-11-,25-22?. The van der Waals surface area contributed by atoms with E-state index in [0.29, 0.717) is 28.9 Å². The zero-order valence-electron chi connectivity index (χ0n) is 17.3. The summed E-state index contributed by atoms with van der Waals surface area (Å²) in [7, 11) is 1.67. The molecule has 31 heavy (non-hydrogen) atoms. The van der Waals surface area contributed by atoms with Crippen molar-refractivity contribution < 1.29 is 9.50 Å². The van der Waals surface area contributed by atoms with E-state index < -0.39 is 11.6 Å². The third-order valence-electron chi connectivity index (χ3n) is 5.94. The predicted octanol–water partition coefficient (Wildman–Crippen LogP) is 3.22. The molecule has 3 heterocycles. The van der Waals surface area contributed by atoms with Crippen molar-refractivity contribution in [1.82, 2.24) is 20.6 Å². The van der Waals surface area contributed by atoms with E-state index >= 15 is 0 Å². The highest BCUT2D eigenvalue weighted by molar-refractivity contribution is 6.16. The minimum Gasteiger partial charge on any atom is -0.504 e. The number of aliphatic hydroxyl groups is 1. The summed E-state index contributed by atoms with van der Waals surface area (Å²) < 4.78 is 14.4. The number of anilines is 1. The number of fused-ring (bicyclic) bond motifs is 1. The highest BCUT2D eigenvalue weighted by atomic mass is 19.1. The Labute approximate surface area is 179 Å². The Morgan fingerprint density at radius 2 is 1.90 bits per heavy atom. The zero-order valence-corrected chi connectivity index (χ0v) is 17.3. The first-order valence-corrected chi connectivity index (χ1v) is 10.6. The number of aliphatic hydroxyl groups excluding tert-OH is 1. The minimum absolute atomic E-state index is 0.245. The van der Waals surface area contributed by atoms with E-state index in [2.05, 4.69) is 20.5 Å². The number of aromatic nitrogens is 2. The third-order valence-corrected chi connectivity index (χ3v) is 5.94. The lowest BCUT2D eigenvalue weighted by atomic mass is 9.95. The molecule has 1 unspecified atom stereocenters. The van der Waals surface area contributed by atoms with Crippen LogP contribution in [0.25, 0.3) is 16.6 Å². The molecule has 1 aliphatic heterocycles. The van der Waals surface area contributed by atoms with E-state index in [4.69, 9.17) is 10.4 Å². The molecule has 8 heteroatoms. The molecule has 0 radical (unpaired) electrons. The molecule has 0 amide bonds. The largest absolute Gasteiger partial charge is 0.504 e. The highest BCUT2D eigenvalue weighted by Crippen LogP contribution is 2.32. The second-order valence-corrected chi connectivity index (χ2v) is 8.26. The van der Waals surface area contributed by atoms with E-state index in [0.717, 1.165) is 30.8 Å². The molecular formula is C23H25FN6O. The van der Waals surface area contributed by atoms with Crippen LogP contribution in [0.5, 0.6) is 0 Å². The average Bonchev–Trinajstić information content (AvgIpc) is 3.47. The minimum atomic E-state index is -0.960. The van der Waals surface area contributed by atoms with Gasteiger partial charge in [0.15, 0.2) is 11.6 Å². The van der Waals surface area contributed by atoms with Gasteiger partial charge in [0.05, 0.1) is 16.7 Å². The van der Waals surface area contributed by atoms with Crippen molar-refractivity contribution in [2.24, 2.45) is 0 Å². The summed E-state index contributed by atoms with van der Waals surface area (Å²) in [6.45, 7) is 1.93. The van der Waals surface area contributed by atoms with Crippen LogP contribution in [0.3, 0.4) is 0 Å². The quantitative estimate of drug-likeness (QED) is 0.593. The molecular weight excluding hydrogens is 395 g/mol. The number of halogens is 1. The third kappa shape index (κ3) is 3.79. The molecule has 4 N–H and O–H groups in total. The fraction of sp³-hybridized carbons (Fsp3) is 0.348. The van der Waals surface area contributed by atoms with Crippen molar-refractivity contribution in [1.29, 1.82) is 5.41 Å². The Balaban J connectivity index is 1.42. The molecule has 5 rings (SSSR count). The molecule has 2 aromatic heterocycles. The Morgan fingerprint density at radius 3 is 2.68 bits per heavy atom. The van der Waals surface area contributed by atoms with Crippen molar-refractivity contribution in [3.8, 4) is 0 Å². The lowest BCUT2D eigenvalue weighted by Crippen LogP contribution is -2.34. The van der Waals surface area contributed by atoms with Gasteiger partial charge in [0, 0.05) is 49.6 Å². The first-order valence-electron chi connectivity index (χ1n) is 10.6. The van der Waals surface area contributed by atoms with Gasteiger partial charge in [0.2, 0.25) is 0 Å². The maximum absolute atomic E-state index is 14.4. The van der Waals surface area contributed by atoms with Crippen LogP contribution in [0, 0.1) is 5.41 Å². The number of pyridine rings is 2. The Bertz CT molecular complexity index is 1150. The van der Waals surface area contributed by atoms with Crippen LogP contribution in [-0.4, -0.2) is 53.0 Å². The molecule has 0 bridgehead atoms. The van der Waals surface area contributed by atoms with Gasteiger partial charge in [0.25, 0.3) is 0 Å². The number of rotatable bonds is 5. The molecule has 0 aromatic carbocycles. The predicted molar refractivity (Wildman–Crippen MR) is 120 cm³/mol. The van der Waals surface area contributed by atoms with Crippen molar-refractivity contribution in [3.63, 3.8) is 0 Å². The smallest absolute Gasteiger partial charge is 0.190 e. The normalized spacial score (nSPS) is 23.1. The summed E-state index contributed by atoms with van der Waals surface area (Å²) in [5.41, 5.74) is 2.07. The van der Waals surface area contributed by atoms with Crippen molar-refractivity contribution in [3.05, 3.63) is 59.4 Å². The van der Waals surface area contributed by atoms with Crippen molar-refractivity contribution >= 4 is 28.1 Å². The molecule has 2 aliphatic carbocycles. The number of nitrogens with one attached hydrogen (secondary N) is 3. The topological polar surface area (TPSA) is 97.2 Å². The van der Waals surface area contributed by atoms with Gasteiger partial charge in [0.1, 0.15) is 11.5 Å². The van der Waals surface area contributed by atoms with Crippen LogP contribution in [-0.2, 0) is 0 Å². The lowest BCUT2D eigenvalue weighted by Gasteiger charge is -2.19. The van der Waals surface area contributed by atoms with E-state index in [9.17, 15) is 9.50 Å². The second-order valence-electron chi connectivity index (χ2n) is 8.26. The Hall–Kier alpha value is -3.26. The first kappa shape index (κ1) is 19.7. The molecule has 1 atom stereocenters. The van der Waals surface area contributed by atoms with E-state index in [-0.39, 0.29) is 11.3 Å². The number of hydrogen-bond donors (Lipinski definition) is 4. The molecule has 0 spiro atoms. The second kappa shape index (κ2) is 7.77. The molecule has 2 aromatic rings. The van der Waals surface area contributed by atoms with Gasteiger partial charge >= 0.3 is 0 Å². The monoisotopic (exact) mass is 420 g/mol. The summed E-state index contributed by atoms with van der Waals surface area (Å²) >= 11 is 0. The van der Waals surface area contributed by atoms with Crippen molar-refractivity contribution in [2.45, 2.75) is 31.3 Å². The van der Waals surface area contributed by atoms with Gasteiger partial charge in [-0.1, -0.05) is 0 Å². The number of nitrogens with zero attached hydrogens (tertiary/aromatic N) is 3. The van der Waals surface area contributed by atoms with Gasteiger partial charge in [-0.25, -0.2) is 14.4 Å². The fourth-order valence-electron chi connectivity index (χ4n) is 4.14. The SMILES string of the molecule is CN/C=C1/C=C(c2ccc3nc(N4CCC(NC5CC5)C4)ccc3n2)C(O)=C(F)C1=N. The molecule has 160 valence electrons. The van der Waals surface area contributed by atoms with Gasteiger partial charge < -0.3 is 20.6 Å². The summed E-state index contributed by atoms with van der Waals surface area (Å²) in [5, 5.41) is 24.6. The maximum Gasteiger partial charge on any atom is 0.190 e. The van der Waals surface area contributed by atoms with Crippen LogP contribution in [0.15, 0.2) is 53.7 Å². The van der Waals surface area contributed by atoms with Crippen LogP contribution >= 0.6 is 0 Å². The highest BCUT2D eigenvalue weighted by Gasteiger charge is 2.30. The van der Waals surface area contributed by atoms with Gasteiger partial charge in [-0.3, -0.25) is 5.41 Å². The maximum atomic E-state index is 14.4. The van der Waals surface area contributed by atoms with E-state index in [1.54, 1.807) is 19.2 Å². The van der Waals surface area contributed by atoms with Crippen LogP contribution in [0.1, 0.15) is 25.0 Å². The van der Waals surface area contributed by atoms with Gasteiger partial charge in [-0.15, -0.1) is 0 Å². The van der Waals surface area contributed by atoms with Gasteiger partial charge in [-0.05, 0) is 49.6 Å². The summed E-state index contributed by atoms with van der Waals surface area (Å²) in [5.74, 6) is -0.598. The molecule has 7 nitrogen and oxygen atoms in total. The number of hydrogen-bond acceptors (Lipinski definition) is 7. The number of allylic oxidation sites excluding steroid dienone is 4. The molecule has 1 saturated carbocycles. The zero-order chi connectivity index (χ0) is 21.5. The van der Waals surface area contributed by atoms with Crippen LogP contribution < -0.4 is 15.5 Å². The van der Waals surface area contributed by atoms with Gasteiger partial charge in [-0.2, -0.15) is 0 Å². The van der Waals surface area contributed by atoms with Crippen LogP contribution in [0.4, 0.5) is 10.2 Å². The van der Waals surface area contributed by atoms with Crippen molar-refractivity contribution in [2.75, 3.05) is 25.0 Å². The summed E-state index contributed by atoms with van der Waals surface area (Å²) in [6, 6.07) is 8.66. The fourth-order valence-corrected chi connectivity index (χ4v) is 4.14.